The van der Waals surface area contributed by atoms with Gasteiger partial charge >= 0.3 is 0 Å². The SMILES string of the molecule is CCOc1cc(/C=C2/SC(=O)N(CC(=O)Nc3ccccc3OC)C2=O)cc(I)c1OCc1ccccc1. The Hall–Kier alpha value is -3.51. The van der Waals surface area contributed by atoms with Crippen molar-refractivity contribution < 1.29 is 28.6 Å². The first kappa shape index (κ1) is 27.5. The molecule has 0 aliphatic carbocycles. The van der Waals surface area contributed by atoms with Crippen molar-refractivity contribution in [1.29, 1.82) is 0 Å². The average molecular weight is 644 g/mol. The largest absolute Gasteiger partial charge is 0.495 e. The summed E-state index contributed by atoms with van der Waals surface area (Å²) in [6.07, 6.45) is 1.62. The van der Waals surface area contributed by atoms with Crippen LogP contribution in [0.5, 0.6) is 17.2 Å². The molecule has 0 bridgehead atoms. The quantitative estimate of drug-likeness (QED) is 0.215. The number of benzene rings is 3. The van der Waals surface area contributed by atoms with Gasteiger partial charge in [0, 0.05) is 0 Å². The summed E-state index contributed by atoms with van der Waals surface area (Å²) in [5.74, 6) is 0.580. The molecule has 3 aromatic carbocycles. The van der Waals surface area contributed by atoms with Crippen LogP contribution >= 0.6 is 34.4 Å². The Labute approximate surface area is 238 Å². The van der Waals surface area contributed by atoms with Gasteiger partial charge in [-0.3, -0.25) is 19.3 Å². The number of hydrogen-bond donors (Lipinski definition) is 1. The van der Waals surface area contributed by atoms with Gasteiger partial charge in [-0.1, -0.05) is 42.5 Å². The van der Waals surface area contributed by atoms with Gasteiger partial charge in [0.1, 0.15) is 18.9 Å². The Bertz CT molecular complexity index is 1380. The van der Waals surface area contributed by atoms with E-state index in [1.165, 1.54) is 7.11 Å². The number of amides is 3. The van der Waals surface area contributed by atoms with Crippen LogP contribution in [0.3, 0.4) is 0 Å². The summed E-state index contributed by atoms with van der Waals surface area (Å²) in [4.78, 5) is 39.3. The van der Waals surface area contributed by atoms with E-state index in [9.17, 15) is 14.4 Å². The van der Waals surface area contributed by atoms with Crippen LogP contribution < -0.4 is 19.5 Å². The molecular formula is C28H25IN2O6S. The number of methoxy groups -OCH3 is 1. The summed E-state index contributed by atoms with van der Waals surface area (Å²) in [5, 5.41) is 2.17. The highest BCUT2D eigenvalue weighted by atomic mass is 127. The van der Waals surface area contributed by atoms with E-state index in [0.717, 1.165) is 25.8 Å². The monoisotopic (exact) mass is 644 g/mol. The first-order chi connectivity index (χ1) is 18.4. The van der Waals surface area contributed by atoms with Crippen molar-refractivity contribution >= 4 is 63.2 Å². The normalized spacial score (nSPS) is 14.1. The van der Waals surface area contributed by atoms with Crippen LogP contribution in [-0.4, -0.2) is 42.2 Å². The zero-order valence-corrected chi connectivity index (χ0v) is 23.7. The maximum atomic E-state index is 13.0. The molecular weight excluding hydrogens is 619 g/mol. The Morgan fingerprint density at radius 1 is 1.03 bits per heavy atom. The van der Waals surface area contributed by atoms with Gasteiger partial charge in [0.15, 0.2) is 11.5 Å². The highest BCUT2D eigenvalue weighted by Crippen LogP contribution is 2.38. The molecule has 1 fully saturated rings. The number of halogens is 1. The first-order valence-electron chi connectivity index (χ1n) is 11.7. The summed E-state index contributed by atoms with van der Waals surface area (Å²) in [6.45, 7) is 2.28. The zero-order chi connectivity index (χ0) is 27.1. The summed E-state index contributed by atoms with van der Waals surface area (Å²) in [6, 6.07) is 20.3. The van der Waals surface area contributed by atoms with Crippen molar-refractivity contribution in [1.82, 2.24) is 4.90 Å². The lowest BCUT2D eigenvalue weighted by molar-refractivity contribution is -0.127. The molecule has 10 heteroatoms. The molecule has 38 heavy (non-hydrogen) atoms. The lowest BCUT2D eigenvalue weighted by atomic mass is 10.1. The molecule has 0 aromatic heterocycles. The molecule has 1 saturated heterocycles. The van der Waals surface area contributed by atoms with Gasteiger partial charge in [-0.05, 0) is 82.7 Å². The van der Waals surface area contributed by atoms with Gasteiger partial charge in [0.05, 0.1) is 27.9 Å². The third kappa shape index (κ3) is 6.67. The number of carbonyl (C=O) groups excluding carboxylic acids is 3. The van der Waals surface area contributed by atoms with Crippen LogP contribution in [-0.2, 0) is 16.2 Å². The molecule has 1 aliphatic heterocycles. The van der Waals surface area contributed by atoms with E-state index in [4.69, 9.17) is 14.2 Å². The van der Waals surface area contributed by atoms with Crippen LogP contribution in [0, 0.1) is 3.57 Å². The Morgan fingerprint density at radius 2 is 1.76 bits per heavy atom. The molecule has 0 spiro atoms. The van der Waals surface area contributed by atoms with Gasteiger partial charge in [0.25, 0.3) is 11.1 Å². The number of carbonyl (C=O) groups is 3. The van der Waals surface area contributed by atoms with E-state index in [1.807, 2.05) is 43.3 Å². The Kier molecular flexibility index (Phi) is 9.29. The standard InChI is InChI=1S/C28H25IN2O6S/c1-3-36-23-14-19(13-20(29)26(23)37-17-18-9-5-4-6-10-18)15-24-27(33)31(28(34)38-24)16-25(32)30-21-11-7-8-12-22(21)35-2/h4-15H,3,16-17H2,1-2H3,(H,30,32)/b24-15+. The van der Waals surface area contributed by atoms with E-state index in [0.29, 0.717) is 41.7 Å². The predicted octanol–water partition coefficient (Wildman–Crippen LogP) is 5.95. The number of ether oxygens (including phenoxy) is 3. The van der Waals surface area contributed by atoms with Crippen molar-refractivity contribution in [2.75, 3.05) is 25.6 Å². The number of rotatable bonds is 10. The number of para-hydroxylation sites is 2. The third-order valence-corrected chi connectivity index (χ3v) is 7.12. The highest BCUT2D eigenvalue weighted by molar-refractivity contribution is 14.1. The molecule has 0 radical (unpaired) electrons. The number of anilines is 1. The minimum atomic E-state index is -0.535. The second-order valence-electron chi connectivity index (χ2n) is 8.05. The average Bonchev–Trinajstić information content (AvgIpc) is 3.16. The van der Waals surface area contributed by atoms with Crippen molar-refractivity contribution in [3.8, 4) is 17.2 Å². The topological polar surface area (TPSA) is 94.2 Å². The van der Waals surface area contributed by atoms with Crippen LogP contribution in [0.1, 0.15) is 18.1 Å². The van der Waals surface area contributed by atoms with Crippen LogP contribution in [0.4, 0.5) is 10.5 Å². The number of nitrogens with one attached hydrogen (secondary N) is 1. The number of nitrogens with zero attached hydrogens (tertiary/aromatic N) is 1. The maximum Gasteiger partial charge on any atom is 0.294 e. The lowest BCUT2D eigenvalue weighted by Crippen LogP contribution is -2.36. The van der Waals surface area contributed by atoms with E-state index in [1.54, 1.807) is 36.4 Å². The van der Waals surface area contributed by atoms with Crippen LogP contribution in [0.2, 0.25) is 0 Å². The lowest BCUT2D eigenvalue weighted by Gasteiger charge is -2.15. The fraction of sp³-hybridized carbons (Fsp3) is 0.179. The van der Waals surface area contributed by atoms with Crippen molar-refractivity contribution in [2.45, 2.75) is 13.5 Å². The molecule has 1 N–H and O–H groups in total. The minimum Gasteiger partial charge on any atom is -0.495 e. The molecule has 3 aromatic rings. The molecule has 4 rings (SSSR count). The second-order valence-corrected chi connectivity index (χ2v) is 10.2. The molecule has 3 amide bonds. The minimum absolute atomic E-state index is 0.219. The third-order valence-electron chi connectivity index (χ3n) is 5.41. The van der Waals surface area contributed by atoms with Gasteiger partial charge in [-0.15, -0.1) is 0 Å². The molecule has 0 unspecified atom stereocenters. The fourth-order valence-electron chi connectivity index (χ4n) is 3.67. The fourth-order valence-corrected chi connectivity index (χ4v) is 5.29. The zero-order valence-electron chi connectivity index (χ0n) is 20.7. The smallest absolute Gasteiger partial charge is 0.294 e. The highest BCUT2D eigenvalue weighted by Gasteiger charge is 2.36. The van der Waals surface area contributed by atoms with Gasteiger partial charge < -0.3 is 19.5 Å². The maximum absolute atomic E-state index is 13.0. The molecule has 8 nitrogen and oxygen atoms in total. The van der Waals surface area contributed by atoms with E-state index < -0.39 is 23.6 Å². The van der Waals surface area contributed by atoms with Crippen LogP contribution in [0.15, 0.2) is 71.6 Å². The summed E-state index contributed by atoms with van der Waals surface area (Å²) < 4.78 is 17.9. The number of imide groups is 1. The van der Waals surface area contributed by atoms with Crippen molar-refractivity contribution in [3.05, 3.63) is 86.3 Å². The van der Waals surface area contributed by atoms with Crippen molar-refractivity contribution in [2.24, 2.45) is 0 Å². The Morgan fingerprint density at radius 3 is 2.50 bits per heavy atom. The van der Waals surface area contributed by atoms with Gasteiger partial charge in [-0.25, -0.2) is 0 Å². The van der Waals surface area contributed by atoms with Crippen molar-refractivity contribution in [3.63, 3.8) is 0 Å². The summed E-state index contributed by atoms with van der Waals surface area (Å²) in [5.41, 5.74) is 2.15. The number of thioether (sulfide) groups is 1. The van der Waals surface area contributed by atoms with E-state index in [-0.39, 0.29) is 4.91 Å². The summed E-state index contributed by atoms with van der Waals surface area (Å²) >= 11 is 2.95. The Balaban J connectivity index is 1.49. The van der Waals surface area contributed by atoms with Crippen LogP contribution in [0.25, 0.3) is 6.08 Å². The summed E-state index contributed by atoms with van der Waals surface area (Å²) in [7, 11) is 1.49. The van der Waals surface area contributed by atoms with E-state index in [2.05, 4.69) is 27.9 Å². The number of hydrogen-bond acceptors (Lipinski definition) is 7. The molecule has 0 atom stereocenters. The first-order valence-corrected chi connectivity index (χ1v) is 13.6. The van der Waals surface area contributed by atoms with Gasteiger partial charge in [0.2, 0.25) is 5.91 Å². The molecule has 1 aliphatic rings. The second kappa shape index (κ2) is 12.8. The molecule has 0 saturated carbocycles. The van der Waals surface area contributed by atoms with Gasteiger partial charge in [-0.2, -0.15) is 0 Å². The van der Waals surface area contributed by atoms with E-state index >= 15 is 0 Å². The molecule has 1 heterocycles. The predicted molar refractivity (Wildman–Crippen MR) is 155 cm³/mol. The molecule has 196 valence electrons.